The van der Waals surface area contributed by atoms with Crippen molar-refractivity contribution < 1.29 is 14.1 Å². The average molecular weight is 364 g/mol. The molecule has 0 fully saturated rings. The van der Waals surface area contributed by atoms with Crippen LogP contribution in [0.25, 0.3) is 0 Å². The van der Waals surface area contributed by atoms with Crippen LogP contribution in [0, 0.1) is 20.8 Å². The van der Waals surface area contributed by atoms with E-state index in [1.165, 1.54) is 0 Å². The van der Waals surface area contributed by atoms with E-state index >= 15 is 0 Å². The van der Waals surface area contributed by atoms with Gasteiger partial charge in [0.1, 0.15) is 18.1 Å². The van der Waals surface area contributed by atoms with Crippen LogP contribution in [0.2, 0.25) is 0 Å². The first-order valence-electron chi connectivity index (χ1n) is 8.96. The predicted molar refractivity (Wildman–Crippen MR) is 104 cm³/mol. The lowest BCUT2D eigenvalue weighted by Gasteiger charge is -2.14. The number of nitrogens with zero attached hydrogens (tertiary/aromatic N) is 1. The molecular formula is C22H24N2O3. The second-order valence-corrected chi connectivity index (χ2v) is 6.73. The van der Waals surface area contributed by atoms with Gasteiger partial charge in [-0.1, -0.05) is 47.6 Å². The van der Waals surface area contributed by atoms with Crippen LogP contribution in [-0.4, -0.2) is 11.1 Å². The van der Waals surface area contributed by atoms with Crippen LogP contribution >= 0.6 is 0 Å². The molecule has 0 saturated carbocycles. The number of nitrogens with one attached hydrogen (secondary N) is 1. The SMILES string of the molecule is Cc1ccc(C)c(OCc2c(C(=O)NC(C)c3ccccc3)noc2C)c1. The number of carbonyl (C=O) groups excluding carboxylic acids is 1. The summed E-state index contributed by atoms with van der Waals surface area (Å²) in [4.78, 5) is 12.7. The molecule has 3 aromatic rings. The lowest BCUT2D eigenvalue weighted by atomic mass is 10.1. The Kier molecular flexibility index (Phi) is 5.60. The van der Waals surface area contributed by atoms with Gasteiger partial charge in [0.15, 0.2) is 5.69 Å². The molecule has 5 heteroatoms. The van der Waals surface area contributed by atoms with E-state index in [1.54, 1.807) is 6.92 Å². The molecule has 0 radical (unpaired) electrons. The Balaban J connectivity index is 1.74. The van der Waals surface area contributed by atoms with Crippen molar-refractivity contribution in [2.45, 2.75) is 40.3 Å². The molecule has 3 rings (SSSR count). The number of amides is 1. The van der Waals surface area contributed by atoms with Crippen molar-refractivity contribution in [3.8, 4) is 5.75 Å². The number of benzene rings is 2. The van der Waals surface area contributed by atoms with Gasteiger partial charge in [-0.15, -0.1) is 0 Å². The van der Waals surface area contributed by atoms with Gasteiger partial charge in [-0.2, -0.15) is 0 Å². The van der Waals surface area contributed by atoms with Gasteiger partial charge in [-0.05, 0) is 50.5 Å². The van der Waals surface area contributed by atoms with Crippen molar-refractivity contribution in [2.24, 2.45) is 0 Å². The molecule has 0 aliphatic heterocycles. The molecule has 27 heavy (non-hydrogen) atoms. The second-order valence-electron chi connectivity index (χ2n) is 6.73. The zero-order valence-corrected chi connectivity index (χ0v) is 16.1. The Hall–Kier alpha value is -3.08. The van der Waals surface area contributed by atoms with E-state index in [4.69, 9.17) is 9.26 Å². The van der Waals surface area contributed by atoms with Crippen molar-refractivity contribution in [2.75, 3.05) is 0 Å². The van der Waals surface area contributed by atoms with Gasteiger partial charge in [0, 0.05) is 0 Å². The molecule has 0 spiro atoms. The highest BCUT2D eigenvalue weighted by Gasteiger charge is 2.22. The summed E-state index contributed by atoms with van der Waals surface area (Å²) in [5, 5.41) is 6.92. The highest BCUT2D eigenvalue weighted by molar-refractivity contribution is 5.94. The number of aryl methyl sites for hydroxylation is 3. The van der Waals surface area contributed by atoms with Crippen LogP contribution in [-0.2, 0) is 6.61 Å². The lowest BCUT2D eigenvalue weighted by Crippen LogP contribution is -2.28. The summed E-state index contributed by atoms with van der Waals surface area (Å²) < 4.78 is 11.2. The van der Waals surface area contributed by atoms with Crippen LogP contribution in [0.4, 0.5) is 0 Å². The Morgan fingerprint density at radius 3 is 2.63 bits per heavy atom. The number of aromatic nitrogens is 1. The van der Waals surface area contributed by atoms with Gasteiger partial charge in [-0.3, -0.25) is 4.79 Å². The lowest BCUT2D eigenvalue weighted by molar-refractivity contribution is 0.0928. The summed E-state index contributed by atoms with van der Waals surface area (Å²) in [5.41, 5.74) is 4.11. The molecule has 0 aliphatic carbocycles. The van der Waals surface area contributed by atoms with Crippen LogP contribution in [0.5, 0.6) is 5.75 Å². The summed E-state index contributed by atoms with van der Waals surface area (Å²) >= 11 is 0. The van der Waals surface area contributed by atoms with Gasteiger partial charge in [0.25, 0.3) is 5.91 Å². The minimum absolute atomic E-state index is 0.136. The summed E-state index contributed by atoms with van der Waals surface area (Å²) in [6.45, 7) is 7.95. The highest BCUT2D eigenvalue weighted by Crippen LogP contribution is 2.23. The fourth-order valence-corrected chi connectivity index (χ4v) is 2.84. The van der Waals surface area contributed by atoms with Gasteiger partial charge >= 0.3 is 0 Å². The van der Waals surface area contributed by atoms with Crippen LogP contribution in [0.15, 0.2) is 53.1 Å². The molecule has 0 bridgehead atoms. The third kappa shape index (κ3) is 4.37. The summed E-state index contributed by atoms with van der Waals surface area (Å²) in [6, 6.07) is 15.7. The molecular weight excluding hydrogens is 340 g/mol. The quantitative estimate of drug-likeness (QED) is 0.690. The first-order chi connectivity index (χ1) is 13.0. The van der Waals surface area contributed by atoms with Crippen molar-refractivity contribution >= 4 is 5.91 Å². The average Bonchev–Trinajstić information content (AvgIpc) is 3.04. The number of ether oxygens (including phenoxy) is 1. The van der Waals surface area contributed by atoms with Crippen molar-refractivity contribution in [3.05, 3.63) is 82.2 Å². The molecule has 1 N–H and O–H groups in total. The Morgan fingerprint density at radius 2 is 1.89 bits per heavy atom. The fourth-order valence-electron chi connectivity index (χ4n) is 2.84. The Bertz CT molecular complexity index is 932. The van der Waals surface area contributed by atoms with Gasteiger partial charge in [0.2, 0.25) is 0 Å². The Morgan fingerprint density at radius 1 is 1.15 bits per heavy atom. The van der Waals surface area contributed by atoms with E-state index in [-0.39, 0.29) is 24.2 Å². The van der Waals surface area contributed by atoms with Crippen molar-refractivity contribution in [1.82, 2.24) is 10.5 Å². The number of rotatable bonds is 6. The first-order valence-corrected chi connectivity index (χ1v) is 8.96. The zero-order valence-electron chi connectivity index (χ0n) is 16.1. The maximum absolute atomic E-state index is 12.7. The van der Waals surface area contributed by atoms with Crippen molar-refractivity contribution in [1.29, 1.82) is 0 Å². The normalized spacial score (nSPS) is 11.9. The third-order valence-corrected chi connectivity index (χ3v) is 4.56. The second kappa shape index (κ2) is 8.08. The van der Waals surface area contributed by atoms with E-state index in [9.17, 15) is 4.79 Å². The number of hydrogen-bond donors (Lipinski definition) is 1. The van der Waals surface area contributed by atoms with Gasteiger partial charge in [0.05, 0.1) is 11.6 Å². The molecule has 0 aliphatic rings. The van der Waals surface area contributed by atoms with Crippen molar-refractivity contribution in [3.63, 3.8) is 0 Å². The standard InChI is InChI=1S/C22H24N2O3/c1-14-10-11-15(2)20(12-14)26-13-19-17(4)27-24-21(19)22(25)23-16(3)18-8-6-5-7-9-18/h5-12,16H,13H2,1-4H3,(H,23,25). The largest absolute Gasteiger partial charge is 0.488 e. The molecule has 1 aromatic heterocycles. The minimum Gasteiger partial charge on any atom is -0.488 e. The third-order valence-electron chi connectivity index (χ3n) is 4.56. The van der Waals surface area contributed by atoms with Gasteiger partial charge < -0.3 is 14.6 Å². The molecule has 5 nitrogen and oxygen atoms in total. The first kappa shape index (κ1) is 18.7. The van der Waals surface area contributed by atoms with E-state index in [0.29, 0.717) is 11.3 Å². The van der Waals surface area contributed by atoms with Crippen LogP contribution < -0.4 is 10.1 Å². The highest BCUT2D eigenvalue weighted by atomic mass is 16.5. The van der Waals surface area contributed by atoms with Crippen LogP contribution in [0.1, 0.15) is 51.5 Å². The summed E-state index contributed by atoms with van der Waals surface area (Å²) in [7, 11) is 0. The van der Waals surface area contributed by atoms with E-state index < -0.39 is 0 Å². The smallest absolute Gasteiger partial charge is 0.274 e. The van der Waals surface area contributed by atoms with E-state index in [2.05, 4.69) is 10.5 Å². The number of carbonyl (C=O) groups is 1. The minimum atomic E-state index is -0.275. The molecule has 1 heterocycles. The zero-order chi connectivity index (χ0) is 19.4. The van der Waals surface area contributed by atoms with Crippen LogP contribution in [0.3, 0.4) is 0 Å². The maximum atomic E-state index is 12.7. The molecule has 1 unspecified atom stereocenters. The van der Waals surface area contributed by atoms with E-state index in [0.717, 1.165) is 22.4 Å². The number of hydrogen-bond acceptors (Lipinski definition) is 4. The molecule has 1 amide bonds. The fraction of sp³-hybridized carbons (Fsp3) is 0.273. The molecule has 1 atom stereocenters. The predicted octanol–water partition coefficient (Wildman–Crippen LogP) is 4.67. The Labute approximate surface area is 159 Å². The molecule has 140 valence electrons. The maximum Gasteiger partial charge on any atom is 0.274 e. The van der Waals surface area contributed by atoms with E-state index in [1.807, 2.05) is 69.3 Å². The van der Waals surface area contributed by atoms with Gasteiger partial charge in [-0.25, -0.2) is 0 Å². The summed E-state index contributed by atoms with van der Waals surface area (Å²) in [5.74, 6) is 1.10. The monoisotopic (exact) mass is 364 g/mol. The molecule has 2 aromatic carbocycles. The summed E-state index contributed by atoms with van der Waals surface area (Å²) in [6.07, 6.45) is 0. The topological polar surface area (TPSA) is 64.4 Å². The molecule has 0 saturated heterocycles.